The van der Waals surface area contributed by atoms with Crippen LogP contribution in [0.15, 0.2) is 11.2 Å². The zero-order valence-corrected chi connectivity index (χ0v) is 13.3. The van der Waals surface area contributed by atoms with E-state index in [9.17, 15) is 14.7 Å². The molecule has 0 saturated carbocycles. The number of amidine groups is 1. The van der Waals surface area contributed by atoms with Gasteiger partial charge in [0.1, 0.15) is 22.6 Å². The van der Waals surface area contributed by atoms with Gasteiger partial charge in [-0.15, -0.1) is 0 Å². The number of aromatic carboxylic acids is 1. The van der Waals surface area contributed by atoms with Crippen molar-refractivity contribution in [3.63, 3.8) is 0 Å². The van der Waals surface area contributed by atoms with Crippen LogP contribution in [-0.4, -0.2) is 38.3 Å². The molecule has 0 bridgehead atoms. The van der Waals surface area contributed by atoms with Crippen LogP contribution in [0.25, 0.3) is 0 Å². The highest BCUT2D eigenvalue weighted by atomic mass is 16.4. The summed E-state index contributed by atoms with van der Waals surface area (Å²) in [5, 5.41) is 12.0. The van der Waals surface area contributed by atoms with Gasteiger partial charge in [-0.05, 0) is 12.8 Å². The third-order valence-electron chi connectivity index (χ3n) is 3.94. The van der Waals surface area contributed by atoms with Crippen LogP contribution < -0.4 is 5.32 Å². The highest BCUT2D eigenvalue weighted by Gasteiger charge is 2.43. The molecule has 1 aromatic rings. The van der Waals surface area contributed by atoms with Crippen LogP contribution in [0.2, 0.25) is 0 Å². The van der Waals surface area contributed by atoms with Gasteiger partial charge in [0, 0.05) is 12.1 Å². The van der Waals surface area contributed by atoms with E-state index in [1.165, 1.54) is 6.20 Å². The van der Waals surface area contributed by atoms with Gasteiger partial charge in [0.05, 0.1) is 0 Å². The molecule has 0 radical (unpaired) electrons. The van der Waals surface area contributed by atoms with Crippen molar-refractivity contribution in [2.75, 3.05) is 0 Å². The lowest BCUT2D eigenvalue weighted by Gasteiger charge is -2.21. The molecule has 2 heterocycles. The Bertz CT molecular complexity index is 667. The van der Waals surface area contributed by atoms with Gasteiger partial charge >= 0.3 is 5.97 Å². The van der Waals surface area contributed by atoms with Gasteiger partial charge in [-0.3, -0.25) is 4.79 Å². The maximum absolute atomic E-state index is 12.2. The normalized spacial score (nSPS) is 21.2. The van der Waals surface area contributed by atoms with Crippen LogP contribution in [0.1, 0.15) is 62.4 Å². The number of hydrogen-bond donors (Lipinski definition) is 2. The SMILES string of the molecule is CC(C)c1ncc(C(=O)O)c(C2=NC(C)(C(C)C)C(=O)N2)n1. The summed E-state index contributed by atoms with van der Waals surface area (Å²) in [5.41, 5.74) is -0.839. The Balaban J connectivity index is 2.59. The second kappa shape index (κ2) is 5.47. The lowest BCUT2D eigenvalue weighted by atomic mass is 9.89. The molecule has 7 heteroatoms. The first kappa shape index (κ1) is 16.1. The summed E-state index contributed by atoms with van der Waals surface area (Å²) in [7, 11) is 0. The Labute approximate surface area is 128 Å². The van der Waals surface area contributed by atoms with Crippen LogP contribution in [0.3, 0.4) is 0 Å². The molecule has 1 amide bonds. The summed E-state index contributed by atoms with van der Waals surface area (Å²) in [4.78, 5) is 36.4. The lowest BCUT2D eigenvalue weighted by molar-refractivity contribution is -0.124. The molecule has 1 aliphatic rings. The van der Waals surface area contributed by atoms with Crippen molar-refractivity contribution >= 4 is 17.7 Å². The number of carboxylic acid groups (broad SMARTS) is 1. The van der Waals surface area contributed by atoms with Gasteiger partial charge in [-0.25, -0.2) is 19.8 Å². The molecule has 1 unspecified atom stereocenters. The van der Waals surface area contributed by atoms with Crippen LogP contribution in [0, 0.1) is 5.92 Å². The maximum atomic E-state index is 12.2. The largest absolute Gasteiger partial charge is 0.478 e. The van der Waals surface area contributed by atoms with E-state index in [-0.39, 0.29) is 34.8 Å². The summed E-state index contributed by atoms with van der Waals surface area (Å²) < 4.78 is 0. The fraction of sp³-hybridized carbons (Fsp3) is 0.533. The smallest absolute Gasteiger partial charge is 0.339 e. The van der Waals surface area contributed by atoms with E-state index in [0.29, 0.717) is 5.82 Å². The number of carbonyl (C=O) groups is 2. The second-order valence-corrected chi connectivity index (χ2v) is 6.17. The molecular weight excluding hydrogens is 284 g/mol. The van der Waals surface area contributed by atoms with Crippen molar-refractivity contribution in [2.24, 2.45) is 10.9 Å². The predicted octanol–water partition coefficient (Wildman–Crippen LogP) is 1.59. The minimum Gasteiger partial charge on any atom is -0.478 e. The minimum atomic E-state index is -1.15. The number of carbonyl (C=O) groups excluding carboxylic acids is 1. The summed E-state index contributed by atoms with van der Waals surface area (Å²) >= 11 is 0. The standard InChI is InChI=1S/C15H20N4O3/c1-7(2)11-16-6-9(13(20)21)10(17-11)12-18-14(22)15(5,19-12)8(3)4/h6-8H,1-5H3,(H,20,21)(H,18,19,22). The fourth-order valence-electron chi connectivity index (χ4n) is 2.06. The molecule has 118 valence electrons. The fourth-order valence-corrected chi connectivity index (χ4v) is 2.06. The highest BCUT2D eigenvalue weighted by Crippen LogP contribution is 2.27. The van der Waals surface area contributed by atoms with Crippen molar-refractivity contribution in [3.05, 3.63) is 23.3 Å². The molecule has 0 saturated heterocycles. The average molecular weight is 304 g/mol. The van der Waals surface area contributed by atoms with Crippen molar-refractivity contribution in [1.82, 2.24) is 15.3 Å². The van der Waals surface area contributed by atoms with Crippen molar-refractivity contribution in [3.8, 4) is 0 Å². The number of nitrogens with zero attached hydrogens (tertiary/aromatic N) is 3. The van der Waals surface area contributed by atoms with E-state index < -0.39 is 11.5 Å². The number of carboxylic acids is 1. The molecule has 0 fully saturated rings. The molecule has 7 nitrogen and oxygen atoms in total. The zero-order valence-electron chi connectivity index (χ0n) is 13.3. The molecule has 2 N–H and O–H groups in total. The van der Waals surface area contributed by atoms with E-state index in [1.54, 1.807) is 6.92 Å². The monoisotopic (exact) mass is 304 g/mol. The van der Waals surface area contributed by atoms with Gasteiger partial charge in [-0.2, -0.15) is 0 Å². The highest BCUT2D eigenvalue weighted by molar-refractivity contribution is 6.17. The number of hydrogen-bond acceptors (Lipinski definition) is 5. The molecule has 0 aromatic carbocycles. The molecule has 0 spiro atoms. The second-order valence-electron chi connectivity index (χ2n) is 6.17. The Hall–Kier alpha value is -2.31. The predicted molar refractivity (Wildman–Crippen MR) is 81.0 cm³/mol. The van der Waals surface area contributed by atoms with Gasteiger partial charge in [0.25, 0.3) is 5.91 Å². The van der Waals surface area contributed by atoms with E-state index >= 15 is 0 Å². The molecule has 1 atom stereocenters. The number of aromatic nitrogens is 2. The van der Waals surface area contributed by atoms with E-state index in [2.05, 4.69) is 20.3 Å². The summed E-state index contributed by atoms with van der Waals surface area (Å²) in [5.74, 6) is -0.683. The molecule has 1 aliphatic heterocycles. The zero-order chi connectivity index (χ0) is 16.7. The summed E-state index contributed by atoms with van der Waals surface area (Å²) in [6.45, 7) is 9.33. The Kier molecular flexibility index (Phi) is 4.00. The van der Waals surface area contributed by atoms with E-state index in [0.717, 1.165) is 0 Å². The van der Waals surface area contributed by atoms with Crippen LogP contribution in [0.5, 0.6) is 0 Å². The topological polar surface area (TPSA) is 105 Å². The number of aliphatic imine (C=N–C) groups is 1. The Morgan fingerprint density at radius 2 is 1.95 bits per heavy atom. The van der Waals surface area contributed by atoms with E-state index in [4.69, 9.17) is 0 Å². The van der Waals surface area contributed by atoms with Crippen molar-refractivity contribution in [2.45, 2.75) is 46.1 Å². The summed E-state index contributed by atoms with van der Waals surface area (Å²) in [6, 6.07) is 0. The molecule has 22 heavy (non-hydrogen) atoms. The van der Waals surface area contributed by atoms with Gasteiger partial charge in [-0.1, -0.05) is 27.7 Å². The van der Waals surface area contributed by atoms with Crippen LogP contribution in [-0.2, 0) is 4.79 Å². The third-order valence-corrected chi connectivity index (χ3v) is 3.94. The lowest BCUT2D eigenvalue weighted by Crippen LogP contribution is -2.41. The average Bonchev–Trinajstić information content (AvgIpc) is 2.75. The first-order chi connectivity index (χ1) is 10.2. The first-order valence-corrected chi connectivity index (χ1v) is 7.18. The van der Waals surface area contributed by atoms with Gasteiger partial charge in [0.2, 0.25) is 0 Å². The molecular formula is C15H20N4O3. The maximum Gasteiger partial charge on any atom is 0.339 e. The molecule has 2 rings (SSSR count). The Morgan fingerprint density at radius 1 is 1.32 bits per heavy atom. The van der Waals surface area contributed by atoms with E-state index in [1.807, 2.05) is 27.7 Å². The summed E-state index contributed by atoms with van der Waals surface area (Å²) in [6.07, 6.45) is 1.26. The first-order valence-electron chi connectivity index (χ1n) is 7.18. The number of nitrogens with one attached hydrogen (secondary N) is 1. The molecule has 0 aliphatic carbocycles. The van der Waals surface area contributed by atoms with Crippen LogP contribution >= 0.6 is 0 Å². The van der Waals surface area contributed by atoms with Crippen molar-refractivity contribution in [1.29, 1.82) is 0 Å². The minimum absolute atomic E-state index is 0.0234. The van der Waals surface area contributed by atoms with Gasteiger partial charge < -0.3 is 10.4 Å². The number of amides is 1. The van der Waals surface area contributed by atoms with Crippen LogP contribution in [0.4, 0.5) is 0 Å². The van der Waals surface area contributed by atoms with Crippen molar-refractivity contribution < 1.29 is 14.7 Å². The Morgan fingerprint density at radius 3 is 2.41 bits per heavy atom. The van der Waals surface area contributed by atoms with Gasteiger partial charge in [0.15, 0.2) is 5.84 Å². The number of rotatable bonds is 4. The quantitative estimate of drug-likeness (QED) is 0.879. The molecule has 1 aromatic heterocycles. The third kappa shape index (κ3) is 2.58.